The van der Waals surface area contributed by atoms with E-state index in [1.165, 1.54) is 11.8 Å². The maximum atomic E-state index is 9.52. The van der Waals surface area contributed by atoms with Crippen molar-refractivity contribution in [1.29, 1.82) is 0 Å². The maximum Gasteiger partial charge on any atom is 0.211 e. The van der Waals surface area contributed by atoms with Crippen molar-refractivity contribution in [3.8, 4) is 5.75 Å². The van der Waals surface area contributed by atoms with E-state index in [1.54, 1.807) is 29.1 Å². The molecular weight excluding hydrogens is 308 g/mol. The van der Waals surface area contributed by atoms with Gasteiger partial charge in [-0.3, -0.25) is 0 Å². The number of hydrogen-bond acceptors (Lipinski definition) is 5. The smallest absolute Gasteiger partial charge is 0.211 e. The van der Waals surface area contributed by atoms with Crippen LogP contribution in [0.3, 0.4) is 0 Å². The van der Waals surface area contributed by atoms with Gasteiger partial charge in [-0.25, -0.2) is 0 Å². The van der Waals surface area contributed by atoms with Crippen molar-refractivity contribution < 1.29 is 5.11 Å². The summed E-state index contributed by atoms with van der Waals surface area (Å²) in [5, 5.41) is 23.1. The number of phenolic OH excluding ortho intramolecular Hbond substituents is 1. The van der Waals surface area contributed by atoms with Crippen LogP contribution in [0.15, 0.2) is 64.9 Å². The second-order valence-corrected chi connectivity index (χ2v) is 5.69. The summed E-state index contributed by atoms with van der Waals surface area (Å²) in [6, 6.07) is 17.0. The molecule has 1 N–H and O–H groups in total. The van der Waals surface area contributed by atoms with Crippen molar-refractivity contribution in [1.82, 2.24) is 14.9 Å². The first-order valence-corrected chi connectivity index (χ1v) is 8.34. The highest BCUT2D eigenvalue weighted by Gasteiger charge is 2.11. The Morgan fingerprint density at radius 1 is 1.13 bits per heavy atom. The van der Waals surface area contributed by atoms with Crippen LogP contribution in [0, 0.1) is 0 Å². The Kier molecular flexibility index (Phi) is 4.73. The topological polar surface area (TPSA) is 63.3 Å². The molecule has 0 amide bonds. The Morgan fingerprint density at radius 3 is 2.70 bits per heavy atom. The molecule has 0 fully saturated rings. The molecule has 116 valence electrons. The second-order valence-electron chi connectivity index (χ2n) is 4.92. The van der Waals surface area contributed by atoms with Crippen molar-refractivity contribution in [2.24, 2.45) is 5.10 Å². The normalized spacial score (nSPS) is 11.2. The molecule has 1 heterocycles. The first-order valence-electron chi connectivity index (χ1n) is 7.12. The van der Waals surface area contributed by atoms with E-state index in [4.69, 9.17) is 0 Å². The fourth-order valence-electron chi connectivity index (χ4n) is 2.16. The molecule has 0 aliphatic rings. The Hall–Kier alpha value is -2.60. The van der Waals surface area contributed by atoms with Gasteiger partial charge < -0.3 is 5.11 Å². The minimum absolute atomic E-state index is 0.215. The number of nitrogens with zero attached hydrogens (tertiary/aromatic N) is 4. The zero-order valence-electron chi connectivity index (χ0n) is 12.6. The second kappa shape index (κ2) is 7.11. The Morgan fingerprint density at radius 2 is 1.96 bits per heavy atom. The van der Waals surface area contributed by atoms with Crippen LogP contribution in [-0.4, -0.2) is 32.5 Å². The summed E-state index contributed by atoms with van der Waals surface area (Å²) >= 11 is 1.49. The van der Waals surface area contributed by atoms with Gasteiger partial charge in [0, 0.05) is 6.42 Å². The molecule has 0 spiro atoms. The van der Waals surface area contributed by atoms with Gasteiger partial charge >= 0.3 is 0 Å². The van der Waals surface area contributed by atoms with Crippen LogP contribution in [-0.2, 0) is 6.42 Å². The fraction of sp³-hybridized carbons (Fsp3) is 0.118. The van der Waals surface area contributed by atoms with Gasteiger partial charge in [0.05, 0.1) is 6.21 Å². The minimum atomic E-state index is 0.215. The van der Waals surface area contributed by atoms with Gasteiger partial charge in [0.1, 0.15) is 5.75 Å². The van der Waals surface area contributed by atoms with E-state index in [-0.39, 0.29) is 5.75 Å². The number of aromatic hydroxyl groups is 1. The Bertz CT molecular complexity index is 814. The lowest BCUT2D eigenvalue weighted by atomic mass is 10.1. The molecule has 6 heteroatoms. The predicted octanol–water partition coefficient (Wildman–Crippen LogP) is 3.18. The molecular formula is C17H16N4OS. The number of thioether (sulfide) groups is 1. The molecule has 0 radical (unpaired) electrons. The van der Waals surface area contributed by atoms with Crippen LogP contribution in [0.2, 0.25) is 0 Å². The van der Waals surface area contributed by atoms with Crippen molar-refractivity contribution in [3.63, 3.8) is 0 Å². The van der Waals surface area contributed by atoms with Crippen molar-refractivity contribution in [2.75, 3.05) is 6.26 Å². The molecule has 0 atom stereocenters. The molecule has 0 aliphatic carbocycles. The lowest BCUT2D eigenvalue weighted by molar-refractivity contribution is 0.475. The lowest BCUT2D eigenvalue weighted by Crippen LogP contribution is -2.01. The summed E-state index contributed by atoms with van der Waals surface area (Å²) in [5.41, 5.74) is 1.97. The van der Waals surface area contributed by atoms with Gasteiger partial charge in [-0.15, -0.1) is 10.2 Å². The first-order chi connectivity index (χ1) is 11.3. The van der Waals surface area contributed by atoms with E-state index < -0.39 is 0 Å². The molecule has 1 aromatic heterocycles. The van der Waals surface area contributed by atoms with Crippen LogP contribution in [0.4, 0.5) is 0 Å². The maximum absolute atomic E-state index is 9.52. The first kappa shape index (κ1) is 15.3. The van der Waals surface area contributed by atoms with Crippen LogP contribution >= 0.6 is 11.8 Å². The number of rotatable bonds is 5. The third kappa shape index (κ3) is 3.78. The monoisotopic (exact) mass is 324 g/mol. The number of benzene rings is 2. The number of hydrogen-bond donors (Lipinski definition) is 1. The Balaban J connectivity index is 1.89. The van der Waals surface area contributed by atoms with E-state index in [9.17, 15) is 5.11 Å². The third-order valence-corrected chi connectivity index (χ3v) is 3.88. The molecule has 0 bridgehead atoms. The standard InChI is InChI=1S/C17H16N4OS/c1-23-17-20-19-16(11-13-6-3-2-4-7-13)21(17)18-12-14-8-5-9-15(22)10-14/h2-10,12,22H,11H2,1H3/b18-12-. The van der Waals surface area contributed by atoms with Crippen LogP contribution in [0.1, 0.15) is 17.0 Å². The third-order valence-electron chi connectivity index (χ3n) is 3.26. The van der Waals surface area contributed by atoms with E-state index in [0.717, 1.165) is 22.1 Å². The predicted molar refractivity (Wildman–Crippen MR) is 92.1 cm³/mol. The average molecular weight is 324 g/mol. The molecule has 0 saturated heterocycles. The van der Waals surface area contributed by atoms with E-state index in [2.05, 4.69) is 27.4 Å². The van der Waals surface area contributed by atoms with Crippen molar-refractivity contribution in [2.45, 2.75) is 11.6 Å². The van der Waals surface area contributed by atoms with E-state index >= 15 is 0 Å². The molecule has 0 aliphatic heterocycles. The summed E-state index contributed by atoms with van der Waals surface area (Å²) in [6.07, 6.45) is 4.29. The van der Waals surface area contributed by atoms with Gasteiger partial charge in [0.15, 0.2) is 5.82 Å². The van der Waals surface area contributed by atoms with E-state index in [1.807, 2.05) is 30.5 Å². The molecule has 23 heavy (non-hydrogen) atoms. The van der Waals surface area contributed by atoms with Gasteiger partial charge in [-0.05, 0) is 29.5 Å². The SMILES string of the molecule is CSc1nnc(Cc2ccccc2)n1/N=C\c1cccc(O)c1. The summed E-state index contributed by atoms with van der Waals surface area (Å²) in [7, 11) is 0. The van der Waals surface area contributed by atoms with Gasteiger partial charge in [-0.1, -0.05) is 54.2 Å². The minimum Gasteiger partial charge on any atom is -0.508 e. The van der Waals surface area contributed by atoms with Gasteiger partial charge in [-0.2, -0.15) is 9.78 Å². The number of phenols is 1. The quantitative estimate of drug-likeness (QED) is 0.578. The molecule has 0 unspecified atom stereocenters. The molecule has 2 aromatic carbocycles. The fourth-order valence-corrected chi connectivity index (χ4v) is 2.61. The molecule has 5 nitrogen and oxygen atoms in total. The zero-order chi connectivity index (χ0) is 16.1. The van der Waals surface area contributed by atoms with E-state index in [0.29, 0.717) is 6.42 Å². The highest BCUT2D eigenvalue weighted by Crippen LogP contribution is 2.16. The largest absolute Gasteiger partial charge is 0.508 e. The summed E-state index contributed by atoms with van der Waals surface area (Å²) < 4.78 is 1.74. The zero-order valence-corrected chi connectivity index (χ0v) is 13.4. The van der Waals surface area contributed by atoms with Crippen LogP contribution in [0.25, 0.3) is 0 Å². The van der Waals surface area contributed by atoms with Gasteiger partial charge in [0.25, 0.3) is 0 Å². The van der Waals surface area contributed by atoms with Crippen molar-refractivity contribution >= 4 is 18.0 Å². The highest BCUT2D eigenvalue weighted by atomic mass is 32.2. The molecule has 3 rings (SSSR count). The summed E-state index contributed by atoms with van der Waals surface area (Å²) in [5.74, 6) is 0.990. The highest BCUT2D eigenvalue weighted by molar-refractivity contribution is 7.98. The molecule has 0 saturated carbocycles. The lowest BCUT2D eigenvalue weighted by Gasteiger charge is -2.03. The molecule has 3 aromatic rings. The van der Waals surface area contributed by atoms with Gasteiger partial charge in [0.2, 0.25) is 5.16 Å². The van der Waals surface area contributed by atoms with Crippen LogP contribution in [0.5, 0.6) is 5.75 Å². The summed E-state index contributed by atoms with van der Waals surface area (Å²) in [6.45, 7) is 0. The number of aromatic nitrogens is 3. The van der Waals surface area contributed by atoms with Crippen LogP contribution < -0.4 is 0 Å². The Labute approximate surface area is 138 Å². The summed E-state index contributed by atoms with van der Waals surface area (Å²) in [4.78, 5) is 0. The average Bonchev–Trinajstić information content (AvgIpc) is 2.96. The van der Waals surface area contributed by atoms with Crippen molar-refractivity contribution in [3.05, 3.63) is 71.5 Å².